The fraction of sp³-hybridized carbons (Fsp3) is 0.125. The van der Waals surface area contributed by atoms with E-state index in [0.717, 1.165) is 5.56 Å². The highest BCUT2D eigenvalue weighted by molar-refractivity contribution is 9.10. The molecule has 0 aliphatic heterocycles. The fourth-order valence-corrected chi connectivity index (χ4v) is 2.90. The van der Waals surface area contributed by atoms with Gasteiger partial charge in [-0.1, -0.05) is 17.7 Å². The van der Waals surface area contributed by atoms with Crippen LogP contribution in [0.1, 0.15) is 21.9 Å². The van der Waals surface area contributed by atoms with Gasteiger partial charge in [0.05, 0.1) is 11.3 Å². The summed E-state index contributed by atoms with van der Waals surface area (Å²) < 4.78 is 7.13. The Morgan fingerprint density at radius 2 is 2.19 bits per heavy atom. The summed E-state index contributed by atoms with van der Waals surface area (Å²) in [5, 5.41) is 17.9. The van der Waals surface area contributed by atoms with Gasteiger partial charge < -0.3 is 19.8 Å². The predicted molar refractivity (Wildman–Crippen MR) is 98.5 cm³/mol. The van der Waals surface area contributed by atoms with Crippen molar-refractivity contribution < 1.29 is 14.1 Å². The van der Waals surface area contributed by atoms with Crippen LogP contribution < -0.4 is 5.32 Å². The SMILES string of the molecule is Cc1c(Cl)cccc1NC(=O)c1ccc(Cn2cc(Br)c([N+](=O)[O-])n2)o1. The molecule has 1 N–H and O–H groups in total. The zero-order valence-electron chi connectivity index (χ0n) is 13.4. The number of hydrogen-bond acceptors (Lipinski definition) is 5. The third kappa shape index (κ3) is 3.78. The van der Waals surface area contributed by atoms with Crippen LogP contribution in [0.4, 0.5) is 11.5 Å². The Labute approximate surface area is 161 Å². The van der Waals surface area contributed by atoms with Crippen molar-refractivity contribution in [3.05, 3.63) is 73.2 Å². The molecule has 2 heterocycles. The van der Waals surface area contributed by atoms with Crippen LogP contribution in [0.2, 0.25) is 5.02 Å². The Bertz CT molecular complexity index is 998. The molecule has 0 atom stereocenters. The first kappa shape index (κ1) is 18.2. The van der Waals surface area contributed by atoms with Crippen LogP contribution in [0, 0.1) is 17.0 Å². The summed E-state index contributed by atoms with van der Waals surface area (Å²) in [6.07, 6.45) is 1.47. The molecule has 10 heteroatoms. The summed E-state index contributed by atoms with van der Waals surface area (Å²) in [7, 11) is 0. The Hall–Kier alpha value is -2.65. The lowest BCUT2D eigenvalue weighted by Gasteiger charge is -2.08. The second-order valence-electron chi connectivity index (χ2n) is 5.39. The van der Waals surface area contributed by atoms with E-state index in [1.165, 1.54) is 16.9 Å². The number of furan rings is 1. The van der Waals surface area contributed by atoms with Crippen LogP contribution in [-0.4, -0.2) is 20.6 Å². The number of rotatable bonds is 5. The minimum Gasteiger partial charge on any atom is -0.454 e. The van der Waals surface area contributed by atoms with Gasteiger partial charge >= 0.3 is 5.82 Å². The van der Waals surface area contributed by atoms with Gasteiger partial charge in [-0.25, -0.2) is 0 Å². The van der Waals surface area contributed by atoms with Crippen LogP contribution in [0.25, 0.3) is 0 Å². The van der Waals surface area contributed by atoms with Gasteiger partial charge in [0.2, 0.25) is 0 Å². The number of hydrogen-bond donors (Lipinski definition) is 1. The van der Waals surface area contributed by atoms with Gasteiger partial charge in [0.25, 0.3) is 5.91 Å². The van der Waals surface area contributed by atoms with Crippen LogP contribution >= 0.6 is 27.5 Å². The predicted octanol–water partition coefficient (Wildman–Crippen LogP) is 4.41. The Morgan fingerprint density at radius 3 is 2.88 bits per heavy atom. The standard InChI is InChI=1S/C16H12BrClN4O4/c1-9-12(18)3-2-4-13(9)19-16(23)14-6-5-10(26-14)7-21-8-11(17)15(20-21)22(24)25/h2-6,8H,7H2,1H3,(H,19,23). The molecule has 0 radical (unpaired) electrons. The molecule has 0 saturated carbocycles. The van der Waals surface area contributed by atoms with E-state index in [9.17, 15) is 14.9 Å². The van der Waals surface area contributed by atoms with Crippen molar-refractivity contribution in [1.82, 2.24) is 9.78 Å². The summed E-state index contributed by atoms with van der Waals surface area (Å²) in [5.74, 6) is -0.164. The van der Waals surface area contributed by atoms with E-state index in [4.69, 9.17) is 16.0 Å². The number of aromatic nitrogens is 2. The highest BCUT2D eigenvalue weighted by Gasteiger charge is 2.20. The van der Waals surface area contributed by atoms with Crippen molar-refractivity contribution in [2.75, 3.05) is 5.32 Å². The van der Waals surface area contributed by atoms with Gasteiger partial charge in [-0.05, 0) is 57.6 Å². The van der Waals surface area contributed by atoms with Crippen LogP contribution in [0.15, 0.2) is 45.4 Å². The van der Waals surface area contributed by atoms with E-state index < -0.39 is 10.8 Å². The maximum atomic E-state index is 12.3. The summed E-state index contributed by atoms with van der Waals surface area (Å²) in [6, 6.07) is 8.35. The number of benzene rings is 1. The minimum atomic E-state index is -0.588. The number of anilines is 1. The maximum Gasteiger partial charge on any atom is 0.404 e. The zero-order chi connectivity index (χ0) is 18.8. The molecule has 3 aromatic rings. The first-order valence-electron chi connectivity index (χ1n) is 7.37. The second-order valence-corrected chi connectivity index (χ2v) is 6.65. The zero-order valence-corrected chi connectivity index (χ0v) is 15.7. The van der Waals surface area contributed by atoms with Crippen molar-refractivity contribution in [2.24, 2.45) is 0 Å². The highest BCUT2D eigenvalue weighted by atomic mass is 79.9. The fourth-order valence-electron chi connectivity index (χ4n) is 2.26. The average Bonchev–Trinajstić information content (AvgIpc) is 3.19. The van der Waals surface area contributed by atoms with Crippen molar-refractivity contribution in [1.29, 1.82) is 0 Å². The first-order valence-corrected chi connectivity index (χ1v) is 8.55. The number of halogens is 2. The Kier molecular flexibility index (Phi) is 5.10. The average molecular weight is 440 g/mol. The topological polar surface area (TPSA) is 103 Å². The van der Waals surface area contributed by atoms with E-state index in [1.54, 1.807) is 31.2 Å². The summed E-state index contributed by atoms with van der Waals surface area (Å²) >= 11 is 9.12. The highest BCUT2D eigenvalue weighted by Crippen LogP contribution is 2.25. The summed E-state index contributed by atoms with van der Waals surface area (Å²) in [4.78, 5) is 22.6. The third-order valence-electron chi connectivity index (χ3n) is 3.59. The van der Waals surface area contributed by atoms with Gasteiger partial charge in [-0.2, -0.15) is 4.68 Å². The van der Waals surface area contributed by atoms with Gasteiger partial charge in [-0.3, -0.25) is 4.79 Å². The molecule has 0 fully saturated rings. The van der Waals surface area contributed by atoms with Crippen molar-refractivity contribution in [3.63, 3.8) is 0 Å². The largest absolute Gasteiger partial charge is 0.454 e. The van der Waals surface area contributed by atoms with E-state index in [-0.39, 0.29) is 22.6 Å². The lowest BCUT2D eigenvalue weighted by atomic mass is 10.2. The molecule has 0 spiro atoms. The van der Waals surface area contributed by atoms with Gasteiger partial charge in [0.15, 0.2) is 5.76 Å². The molecule has 1 amide bonds. The molecule has 0 saturated heterocycles. The minimum absolute atomic E-state index is 0.111. The third-order valence-corrected chi connectivity index (χ3v) is 4.56. The summed E-state index contributed by atoms with van der Waals surface area (Å²) in [5.41, 5.74) is 1.34. The molecule has 1 aromatic carbocycles. The molecule has 8 nitrogen and oxygen atoms in total. The smallest absolute Gasteiger partial charge is 0.404 e. The number of carbonyl (C=O) groups excluding carboxylic acids is 1. The molecule has 26 heavy (non-hydrogen) atoms. The normalized spacial score (nSPS) is 10.7. The monoisotopic (exact) mass is 438 g/mol. The molecule has 0 unspecified atom stereocenters. The van der Waals surface area contributed by atoms with E-state index >= 15 is 0 Å². The summed E-state index contributed by atoms with van der Waals surface area (Å²) in [6.45, 7) is 1.95. The van der Waals surface area contributed by atoms with Gasteiger partial charge in [-0.15, -0.1) is 0 Å². The second kappa shape index (κ2) is 7.30. The lowest BCUT2D eigenvalue weighted by molar-refractivity contribution is -0.390. The number of nitrogens with zero attached hydrogens (tertiary/aromatic N) is 3. The van der Waals surface area contributed by atoms with Crippen molar-refractivity contribution >= 4 is 44.9 Å². The number of carbonyl (C=O) groups is 1. The van der Waals surface area contributed by atoms with E-state index in [0.29, 0.717) is 16.5 Å². The van der Waals surface area contributed by atoms with Gasteiger partial charge in [0, 0.05) is 10.7 Å². The molecule has 134 valence electrons. The molecule has 2 aromatic heterocycles. The van der Waals surface area contributed by atoms with Crippen molar-refractivity contribution in [2.45, 2.75) is 13.5 Å². The molecular weight excluding hydrogens is 428 g/mol. The number of nitrogens with one attached hydrogen (secondary N) is 1. The molecule has 3 rings (SSSR count). The number of nitro groups is 1. The maximum absolute atomic E-state index is 12.3. The lowest BCUT2D eigenvalue weighted by Crippen LogP contribution is -2.12. The van der Waals surface area contributed by atoms with Crippen LogP contribution in [-0.2, 0) is 6.54 Å². The van der Waals surface area contributed by atoms with E-state index in [2.05, 4.69) is 26.3 Å². The first-order chi connectivity index (χ1) is 12.3. The Balaban J connectivity index is 1.73. The molecule has 0 aliphatic rings. The van der Waals surface area contributed by atoms with E-state index in [1.807, 2.05) is 0 Å². The molecule has 0 aliphatic carbocycles. The van der Waals surface area contributed by atoms with Crippen LogP contribution in [0.3, 0.4) is 0 Å². The van der Waals surface area contributed by atoms with Gasteiger partial charge in [0.1, 0.15) is 16.8 Å². The molecule has 0 bridgehead atoms. The quantitative estimate of drug-likeness (QED) is 0.468. The Morgan fingerprint density at radius 1 is 1.42 bits per heavy atom. The number of amides is 1. The molecular formula is C16H12BrClN4O4. The van der Waals surface area contributed by atoms with Crippen LogP contribution in [0.5, 0.6) is 0 Å². The van der Waals surface area contributed by atoms with Crippen molar-refractivity contribution in [3.8, 4) is 0 Å².